The van der Waals surface area contributed by atoms with E-state index in [4.69, 9.17) is 11.2 Å². The summed E-state index contributed by atoms with van der Waals surface area (Å²) >= 11 is 0. The van der Waals surface area contributed by atoms with E-state index in [2.05, 4.69) is 11.2 Å². The van der Waals surface area contributed by atoms with E-state index in [0.29, 0.717) is 18.9 Å². The summed E-state index contributed by atoms with van der Waals surface area (Å²) in [6, 6.07) is 5.46. The number of likely N-dealkylation sites (N-methyl/N-ethyl adjacent to an activating group) is 1. The lowest BCUT2D eigenvalue weighted by Crippen LogP contribution is -2.19. The van der Waals surface area contributed by atoms with Crippen molar-refractivity contribution < 1.29 is 8.95 Å². The average Bonchev–Trinajstić information content (AvgIpc) is 2.56. The molecule has 132 valence electrons. The van der Waals surface area contributed by atoms with Gasteiger partial charge in [0.1, 0.15) is 12.4 Å². The zero-order valence-corrected chi connectivity index (χ0v) is 16.4. The van der Waals surface area contributed by atoms with Crippen LogP contribution in [0.25, 0.3) is 0 Å². The maximum Gasteiger partial charge on any atom is 0.143 e. The Kier molecular flexibility index (Phi) is 15.9. The molecule has 1 unspecified atom stereocenters. The van der Waals surface area contributed by atoms with Gasteiger partial charge in [0.2, 0.25) is 0 Å². The van der Waals surface area contributed by atoms with E-state index in [-0.39, 0.29) is 0 Å². The number of nitrogens with one attached hydrogen (secondary N) is 1. The Hall–Kier alpha value is -1.51. The van der Waals surface area contributed by atoms with Gasteiger partial charge in [0.05, 0.1) is 12.2 Å². The Morgan fingerprint density at radius 3 is 2.35 bits per heavy atom. The topological polar surface area (TPSA) is 41.6 Å². The van der Waals surface area contributed by atoms with Crippen LogP contribution in [-0.4, -0.2) is 49.2 Å². The summed E-state index contributed by atoms with van der Waals surface area (Å²) < 4.78 is 17.2. The Bertz CT molecular complexity index is 482. The highest BCUT2D eigenvalue weighted by Gasteiger charge is 2.07. The van der Waals surface area contributed by atoms with Gasteiger partial charge in [-0.2, -0.15) is 0 Å². The molecule has 0 saturated carbocycles. The van der Waals surface area contributed by atoms with Gasteiger partial charge in [0.25, 0.3) is 0 Å². The number of rotatable bonds is 7. The fraction of sp³-hybridized carbons (Fsp3) is 0.556. The van der Waals surface area contributed by atoms with Crippen LogP contribution in [0.2, 0.25) is 0 Å². The minimum atomic E-state index is -1.03. The van der Waals surface area contributed by atoms with Crippen LogP contribution in [0.15, 0.2) is 23.1 Å². The normalized spacial score (nSPS) is 10.4. The maximum atomic E-state index is 11.5. The lowest BCUT2D eigenvalue weighted by atomic mass is 10.3. The standard InChI is InChI=1S/C14H20N2O2S.2C2H6/c1-5-8-15-13-7-6-12(19(4)17)11-14(13)18-10-9-16(2)3;2*1-2/h1,6-7,11,15H,8-10H2,2-4H3;2*1-2H3. The average molecular weight is 341 g/mol. The number of ether oxygens (including phenoxy) is 1. The highest BCUT2D eigenvalue weighted by Crippen LogP contribution is 2.27. The van der Waals surface area contributed by atoms with Crippen LogP contribution in [0.1, 0.15) is 27.7 Å². The van der Waals surface area contributed by atoms with Gasteiger partial charge >= 0.3 is 0 Å². The second-order valence-corrected chi connectivity index (χ2v) is 5.70. The molecule has 0 aliphatic heterocycles. The minimum absolute atomic E-state index is 0.429. The van der Waals surface area contributed by atoms with Crippen molar-refractivity contribution in [3.8, 4) is 18.1 Å². The van der Waals surface area contributed by atoms with Crippen LogP contribution >= 0.6 is 0 Å². The number of nitrogens with zero attached hydrogens (tertiary/aromatic N) is 1. The third-order valence-corrected chi connectivity index (χ3v) is 3.38. The minimum Gasteiger partial charge on any atom is -0.490 e. The van der Waals surface area contributed by atoms with Gasteiger partial charge in [-0.15, -0.1) is 6.42 Å². The molecule has 0 heterocycles. The van der Waals surface area contributed by atoms with E-state index < -0.39 is 10.8 Å². The van der Waals surface area contributed by atoms with Gasteiger partial charge in [-0.1, -0.05) is 33.6 Å². The van der Waals surface area contributed by atoms with Crippen molar-refractivity contribution >= 4 is 16.5 Å². The van der Waals surface area contributed by atoms with Crippen LogP contribution in [-0.2, 0) is 10.8 Å². The van der Waals surface area contributed by atoms with Crippen LogP contribution in [0, 0.1) is 12.3 Å². The summed E-state index contributed by atoms with van der Waals surface area (Å²) in [5, 5.41) is 3.09. The quantitative estimate of drug-likeness (QED) is 0.772. The molecule has 0 radical (unpaired) electrons. The summed E-state index contributed by atoms with van der Waals surface area (Å²) in [5.74, 6) is 3.21. The van der Waals surface area contributed by atoms with Crippen molar-refractivity contribution in [1.82, 2.24) is 4.90 Å². The van der Waals surface area contributed by atoms with Crippen LogP contribution in [0.3, 0.4) is 0 Å². The molecule has 1 N–H and O–H groups in total. The first-order chi connectivity index (χ1) is 11.0. The molecule has 1 rings (SSSR count). The smallest absolute Gasteiger partial charge is 0.143 e. The molecule has 23 heavy (non-hydrogen) atoms. The molecule has 0 bridgehead atoms. The van der Waals surface area contributed by atoms with E-state index in [9.17, 15) is 4.21 Å². The Balaban J connectivity index is 0. The summed E-state index contributed by atoms with van der Waals surface area (Å²) in [5.41, 5.74) is 0.825. The number of hydrogen-bond donors (Lipinski definition) is 1. The van der Waals surface area contributed by atoms with Gasteiger partial charge in [0.15, 0.2) is 0 Å². The van der Waals surface area contributed by atoms with Gasteiger partial charge in [-0.3, -0.25) is 4.21 Å². The van der Waals surface area contributed by atoms with Crippen molar-refractivity contribution in [3.63, 3.8) is 0 Å². The van der Waals surface area contributed by atoms with Crippen molar-refractivity contribution in [1.29, 1.82) is 0 Å². The van der Waals surface area contributed by atoms with Crippen LogP contribution < -0.4 is 10.1 Å². The summed E-state index contributed by atoms with van der Waals surface area (Å²) in [6.45, 7) is 9.81. The third-order valence-electron chi connectivity index (χ3n) is 2.46. The van der Waals surface area contributed by atoms with E-state index in [1.54, 1.807) is 12.3 Å². The second-order valence-electron chi connectivity index (χ2n) is 4.32. The molecule has 0 aromatic heterocycles. The number of terminal acetylenes is 1. The number of anilines is 1. The highest BCUT2D eigenvalue weighted by molar-refractivity contribution is 7.84. The summed E-state index contributed by atoms with van der Waals surface area (Å²) in [7, 11) is 2.94. The Labute approximate surface area is 145 Å². The van der Waals surface area contributed by atoms with E-state index in [1.165, 1.54) is 0 Å². The Morgan fingerprint density at radius 2 is 1.87 bits per heavy atom. The largest absolute Gasteiger partial charge is 0.490 e. The van der Waals surface area contributed by atoms with Crippen LogP contribution in [0.4, 0.5) is 5.69 Å². The fourth-order valence-corrected chi connectivity index (χ4v) is 1.96. The first kappa shape index (κ1) is 23.8. The summed E-state index contributed by atoms with van der Waals surface area (Å²) in [4.78, 5) is 2.78. The molecule has 0 spiro atoms. The molecule has 0 aliphatic carbocycles. The molecular formula is C18H32N2O2S. The zero-order valence-electron chi connectivity index (χ0n) is 15.6. The maximum absolute atomic E-state index is 11.5. The van der Waals surface area contributed by atoms with Crippen molar-refractivity contribution in [3.05, 3.63) is 18.2 Å². The van der Waals surface area contributed by atoms with Gasteiger partial charge in [-0.05, 0) is 32.3 Å². The molecule has 1 aromatic carbocycles. The van der Waals surface area contributed by atoms with Crippen LogP contribution in [0.5, 0.6) is 5.75 Å². The SMILES string of the molecule is C#CCNc1ccc(S(C)=O)cc1OCCN(C)C.CC.CC. The molecule has 0 fully saturated rings. The van der Waals surface area contributed by atoms with E-state index in [0.717, 1.165) is 17.1 Å². The number of hydrogen-bond acceptors (Lipinski definition) is 4. The number of benzene rings is 1. The van der Waals surface area contributed by atoms with Gasteiger partial charge < -0.3 is 15.0 Å². The predicted molar refractivity (Wildman–Crippen MR) is 103 cm³/mol. The molecule has 0 saturated heterocycles. The molecule has 1 atom stereocenters. The van der Waals surface area contributed by atoms with Gasteiger partial charge in [0, 0.05) is 28.5 Å². The molecule has 1 aromatic rings. The molecule has 0 amide bonds. The van der Waals surface area contributed by atoms with Crippen molar-refractivity contribution in [2.45, 2.75) is 32.6 Å². The summed E-state index contributed by atoms with van der Waals surface area (Å²) in [6.07, 6.45) is 6.88. The first-order valence-corrected chi connectivity index (χ1v) is 9.52. The molecule has 5 heteroatoms. The molecule has 4 nitrogen and oxygen atoms in total. The van der Waals surface area contributed by atoms with Crippen molar-refractivity contribution in [2.24, 2.45) is 0 Å². The van der Waals surface area contributed by atoms with E-state index in [1.807, 2.05) is 58.8 Å². The fourth-order valence-electron chi connectivity index (χ4n) is 1.43. The van der Waals surface area contributed by atoms with Gasteiger partial charge in [-0.25, -0.2) is 0 Å². The Morgan fingerprint density at radius 1 is 1.26 bits per heavy atom. The monoisotopic (exact) mass is 340 g/mol. The first-order valence-electron chi connectivity index (χ1n) is 7.97. The zero-order chi connectivity index (χ0) is 18.3. The van der Waals surface area contributed by atoms with E-state index >= 15 is 0 Å². The van der Waals surface area contributed by atoms with Crippen molar-refractivity contribution in [2.75, 3.05) is 45.4 Å². The molecule has 0 aliphatic rings. The lowest BCUT2D eigenvalue weighted by Gasteiger charge is -2.15. The highest BCUT2D eigenvalue weighted by atomic mass is 32.2. The second kappa shape index (κ2) is 15.4. The third kappa shape index (κ3) is 10.8. The molecular weight excluding hydrogens is 308 g/mol. The predicted octanol–water partition coefficient (Wildman–Crippen LogP) is 3.46. The lowest BCUT2D eigenvalue weighted by molar-refractivity contribution is 0.262.